The molecule has 0 aromatic rings. The van der Waals surface area contributed by atoms with E-state index in [0.29, 0.717) is 18.8 Å². The van der Waals surface area contributed by atoms with E-state index in [1.165, 1.54) is 0 Å². The average Bonchev–Trinajstić information content (AvgIpc) is 2.66. The fraction of sp³-hybridized carbons (Fsp3) is 0.864. The number of amides is 3. The number of nitrogens with one attached hydrogen (secondary N) is 2. The van der Waals surface area contributed by atoms with Crippen molar-refractivity contribution in [2.24, 2.45) is 17.4 Å². The van der Waals surface area contributed by atoms with Crippen LogP contribution in [0.4, 0.5) is 0 Å². The van der Waals surface area contributed by atoms with Gasteiger partial charge in [-0.05, 0) is 44.6 Å². The fourth-order valence-electron chi connectivity index (χ4n) is 3.58. The normalized spacial score (nSPS) is 14.2. The van der Waals surface area contributed by atoms with Crippen molar-refractivity contribution < 1.29 is 14.4 Å². The summed E-state index contributed by atoms with van der Waals surface area (Å²) in [7, 11) is 0. The second-order valence-corrected chi connectivity index (χ2v) is 8.12. The van der Waals surface area contributed by atoms with E-state index in [2.05, 4.69) is 24.5 Å². The van der Waals surface area contributed by atoms with Gasteiger partial charge in [-0.15, -0.1) is 0 Å². The quantitative estimate of drug-likeness (QED) is 0.243. The van der Waals surface area contributed by atoms with Gasteiger partial charge in [0, 0.05) is 18.9 Å². The largest absolute Gasteiger partial charge is 0.370 e. The highest BCUT2D eigenvalue weighted by molar-refractivity contribution is 5.82. The molecule has 0 aromatic heterocycles. The van der Waals surface area contributed by atoms with Crippen LogP contribution in [0.5, 0.6) is 0 Å². The highest BCUT2D eigenvalue weighted by Gasteiger charge is 2.23. The summed E-state index contributed by atoms with van der Waals surface area (Å²) in [6.45, 7) is 7.08. The van der Waals surface area contributed by atoms with Crippen molar-refractivity contribution in [3.63, 3.8) is 0 Å². The molecule has 7 nitrogen and oxygen atoms in total. The van der Waals surface area contributed by atoms with Crippen LogP contribution in [0.1, 0.15) is 97.8 Å². The SMILES string of the molecule is CCCCC[C@H](NCC)C(=O)NC(CCCCC(N)=O)C(C)CCCCC(N)=O. The molecule has 170 valence electrons. The summed E-state index contributed by atoms with van der Waals surface area (Å²) >= 11 is 0. The lowest BCUT2D eigenvalue weighted by Gasteiger charge is -2.28. The molecule has 0 heterocycles. The smallest absolute Gasteiger partial charge is 0.237 e. The molecule has 0 fully saturated rings. The maximum atomic E-state index is 12.9. The van der Waals surface area contributed by atoms with Gasteiger partial charge in [-0.25, -0.2) is 0 Å². The number of likely N-dealkylation sites (N-methyl/N-ethyl adjacent to an activating group) is 1. The first-order valence-corrected chi connectivity index (χ1v) is 11.4. The van der Waals surface area contributed by atoms with Crippen LogP contribution in [0.3, 0.4) is 0 Å². The minimum Gasteiger partial charge on any atom is -0.370 e. The van der Waals surface area contributed by atoms with Crippen molar-refractivity contribution in [3.8, 4) is 0 Å². The Labute approximate surface area is 177 Å². The van der Waals surface area contributed by atoms with E-state index in [9.17, 15) is 14.4 Å². The zero-order chi connectivity index (χ0) is 22.1. The molecule has 6 N–H and O–H groups in total. The molecule has 29 heavy (non-hydrogen) atoms. The molecule has 0 rings (SSSR count). The van der Waals surface area contributed by atoms with Gasteiger partial charge in [0.05, 0.1) is 6.04 Å². The van der Waals surface area contributed by atoms with Crippen LogP contribution in [-0.2, 0) is 14.4 Å². The topological polar surface area (TPSA) is 127 Å². The monoisotopic (exact) mass is 412 g/mol. The minimum atomic E-state index is -0.284. The standard InChI is InChI=1S/C22H44N4O3/c1-4-6-7-14-19(25-5-2)22(29)26-18(13-9-11-16-21(24)28)17(3)12-8-10-15-20(23)27/h17-19,25H,4-16H2,1-3H3,(H2,23,27)(H2,24,28)(H,26,29)/t17?,18?,19-/m0/s1. The molecule has 0 spiro atoms. The van der Waals surface area contributed by atoms with Gasteiger partial charge in [0.15, 0.2) is 0 Å². The fourth-order valence-corrected chi connectivity index (χ4v) is 3.58. The first-order chi connectivity index (χ1) is 13.8. The summed E-state index contributed by atoms with van der Waals surface area (Å²) in [5.74, 6) is -0.201. The van der Waals surface area contributed by atoms with Crippen molar-refractivity contribution in [1.29, 1.82) is 0 Å². The lowest BCUT2D eigenvalue weighted by molar-refractivity contribution is -0.124. The molecule has 0 aliphatic carbocycles. The summed E-state index contributed by atoms with van der Waals surface area (Å²) in [5, 5.41) is 6.57. The Hall–Kier alpha value is -1.63. The van der Waals surface area contributed by atoms with E-state index in [1.807, 2.05) is 6.92 Å². The van der Waals surface area contributed by atoms with Crippen LogP contribution < -0.4 is 22.1 Å². The number of hydrogen-bond donors (Lipinski definition) is 4. The Morgan fingerprint density at radius 1 is 0.793 bits per heavy atom. The summed E-state index contributed by atoms with van der Waals surface area (Å²) < 4.78 is 0. The number of carbonyl (C=O) groups is 3. The van der Waals surface area contributed by atoms with Crippen LogP contribution >= 0.6 is 0 Å². The molecule has 3 amide bonds. The van der Waals surface area contributed by atoms with E-state index in [0.717, 1.165) is 70.8 Å². The molecule has 0 radical (unpaired) electrons. The zero-order valence-electron chi connectivity index (χ0n) is 18.8. The lowest BCUT2D eigenvalue weighted by Crippen LogP contribution is -2.49. The van der Waals surface area contributed by atoms with Crippen molar-refractivity contribution in [2.45, 2.75) is 110 Å². The summed E-state index contributed by atoms with van der Waals surface area (Å²) in [4.78, 5) is 34.8. The third-order valence-electron chi connectivity index (χ3n) is 5.40. The second-order valence-electron chi connectivity index (χ2n) is 8.12. The zero-order valence-corrected chi connectivity index (χ0v) is 18.8. The maximum absolute atomic E-state index is 12.9. The molecule has 7 heteroatoms. The second kappa shape index (κ2) is 17.2. The molecule has 0 aromatic carbocycles. The summed E-state index contributed by atoms with van der Waals surface area (Å²) in [6.07, 6.45) is 9.94. The molecule has 3 atom stereocenters. The van der Waals surface area contributed by atoms with Gasteiger partial charge in [-0.2, -0.15) is 0 Å². The van der Waals surface area contributed by atoms with Gasteiger partial charge in [-0.3, -0.25) is 14.4 Å². The van der Waals surface area contributed by atoms with Gasteiger partial charge in [0.25, 0.3) is 0 Å². The molecule has 0 aliphatic heterocycles. The minimum absolute atomic E-state index is 0.0521. The van der Waals surface area contributed by atoms with Gasteiger partial charge in [0.2, 0.25) is 17.7 Å². The van der Waals surface area contributed by atoms with E-state index in [-0.39, 0.29) is 29.8 Å². The number of hydrogen-bond acceptors (Lipinski definition) is 4. The Morgan fingerprint density at radius 3 is 1.86 bits per heavy atom. The molecule has 0 saturated carbocycles. The van der Waals surface area contributed by atoms with Gasteiger partial charge in [0.1, 0.15) is 0 Å². The van der Waals surface area contributed by atoms with Gasteiger partial charge in [-0.1, -0.05) is 52.9 Å². The van der Waals surface area contributed by atoms with E-state index < -0.39 is 0 Å². The maximum Gasteiger partial charge on any atom is 0.237 e. The van der Waals surface area contributed by atoms with Crippen LogP contribution in [0.25, 0.3) is 0 Å². The summed E-state index contributed by atoms with van der Waals surface area (Å²) in [6, 6.07) is -0.113. The predicted octanol–water partition coefficient (Wildman–Crippen LogP) is 2.76. The number of unbranched alkanes of at least 4 members (excludes halogenated alkanes) is 4. The molecule has 0 saturated heterocycles. The summed E-state index contributed by atoms with van der Waals surface area (Å²) in [5.41, 5.74) is 10.4. The first kappa shape index (κ1) is 27.4. The Balaban J connectivity index is 4.78. The van der Waals surface area contributed by atoms with Gasteiger partial charge < -0.3 is 22.1 Å². The number of primary amides is 2. The first-order valence-electron chi connectivity index (χ1n) is 11.4. The van der Waals surface area contributed by atoms with Crippen LogP contribution in [-0.4, -0.2) is 36.3 Å². The predicted molar refractivity (Wildman–Crippen MR) is 118 cm³/mol. The van der Waals surface area contributed by atoms with Crippen LogP contribution in [0.2, 0.25) is 0 Å². The third-order valence-corrected chi connectivity index (χ3v) is 5.40. The molecule has 0 aliphatic rings. The van der Waals surface area contributed by atoms with Crippen molar-refractivity contribution in [2.75, 3.05) is 6.54 Å². The Kier molecular flexibility index (Phi) is 16.3. The molecular weight excluding hydrogens is 368 g/mol. The Morgan fingerprint density at radius 2 is 1.34 bits per heavy atom. The van der Waals surface area contributed by atoms with Crippen molar-refractivity contribution >= 4 is 17.7 Å². The van der Waals surface area contributed by atoms with Crippen LogP contribution in [0.15, 0.2) is 0 Å². The number of nitrogens with two attached hydrogens (primary N) is 2. The molecular formula is C22H44N4O3. The molecule has 0 bridgehead atoms. The Bertz CT molecular complexity index is 471. The number of carbonyl (C=O) groups excluding carboxylic acids is 3. The number of rotatable bonds is 19. The van der Waals surface area contributed by atoms with Crippen molar-refractivity contribution in [3.05, 3.63) is 0 Å². The molecule has 2 unspecified atom stereocenters. The highest BCUT2D eigenvalue weighted by atomic mass is 16.2. The van der Waals surface area contributed by atoms with E-state index in [4.69, 9.17) is 11.5 Å². The average molecular weight is 413 g/mol. The van der Waals surface area contributed by atoms with Gasteiger partial charge >= 0.3 is 0 Å². The highest BCUT2D eigenvalue weighted by Crippen LogP contribution is 2.19. The van der Waals surface area contributed by atoms with Crippen molar-refractivity contribution in [1.82, 2.24) is 10.6 Å². The van der Waals surface area contributed by atoms with E-state index >= 15 is 0 Å². The van der Waals surface area contributed by atoms with Crippen LogP contribution in [0, 0.1) is 5.92 Å². The third kappa shape index (κ3) is 14.9. The van der Waals surface area contributed by atoms with E-state index in [1.54, 1.807) is 0 Å². The lowest BCUT2D eigenvalue weighted by atomic mass is 9.90.